The number of amides is 1. The van der Waals surface area contributed by atoms with Crippen molar-refractivity contribution in [2.75, 3.05) is 19.8 Å². The number of aryl methyl sites for hydroxylation is 1. The molecule has 1 aliphatic carbocycles. The number of aliphatic hydroxyl groups is 5. The minimum atomic E-state index is -2.27. The summed E-state index contributed by atoms with van der Waals surface area (Å²) < 4.78 is 13.6. The van der Waals surface area contributed by atoms with E-state index in [2.05, 4.69) is 17.2 Å². The van der Waals surface area contributed by atoms with Crippen molar-refractivity contribution in [3.8, 4) is 11.5 Å². The number of hydrogen-bond donors (Lipinski definition) is 8. The highest BCUT2D eigenvalue weighted by molar-refractivity contribution is 5.90. The topological polar surface area (TPSA) is 225 Å². The molecular formula is C45H56N3O12+. The Labute approximate surface area is 347 Å². The van der Waals surface area contributed by atoms with E-state index in [1.165, 1.54) is 30.3 Å². The molecule has 1 aromatic heterocycles. The summed E-state index contributed by atoms with van der Waals surface area (Å²) >= 11 is 0. The molecule has 15 nitrogen and oxygen atoms in total. The van der Waals surface area contributed by atoms with Crippen molar-refractivity contribution in [1.82, 2.24) is 5.32 Å². The molecular weight excluding hydrogens is 775 g/mol. The number of hydrogen-bond acceptors (Lipinski definition) is 13. The number of rotatable bonds is 15. The number of fused-ring (bicyclic) bond motifs is 3. The summed E-state index contributed by atoms with van der Waals surface area (Å²) in [6.07, 6.45) is 4.57. The summed E-state index contributed by atoms with van der Waals surface area (Å²) in [5, 5.41) is 67.1. The van der Waals surface area contributed by atoms with E-state index < -0.39 is 54.2 Å². The number of quaternary nitrogens is 1. The predicted octanol–water partition coefficient (Wildman–Crippen LogP) is 2.11. The highest BCUT2D eigenvalue weighted by Crippen LogP contribution is 2.51. The number of aliphatic hydroxyl groups excluding tert-OH is 4. The van der Waals surface area contributed by atoms with Crippen LogP contribution in [0.25, 0.3) is 11.0 Å². The number of allylic oxidation sites excluding steroid dienone is 1. The molecule has 2 unspecified atom stereocenters. The summed E-state index contributed by atoms with van der Waals surface area (Å²) in [7, 11) is 0. The number of carbonyl (C=O) groups excluding carboxylic acids is 1. The van der Waals surface area contributed by atoms with E-state index in [0.29, 0.717) is 58.7 Å². The Morgan fingerprint density at radius 1 is 1.12 bits per heavy atom. The highest BCUT2D eigenvalue weighted by atomic mass is 17.2. The molecule has 3 aromatic rings. The van der Waals surface area contributed by atoms with Crippen LogP contribution >= 0.6 is 0 Å². The van der Waals surface area contributed by atoms with Gasteiger partial charge in [-0.25, -0.2) is 9.78 Å². The number of nitrogens with one attached hydrogen (secondary N) is 2. The predicted molar refractivity (Wildman–Crippen MR) is 219 cm³/mol. The summed E-state index contributed by atoms with van der Waals surface area (Å²) in [4.78, 5) is 44.6. The fraction of sp³-hybridized carbons (Fsp3) is 0.533. The molecule has 15 heteroatoms. The number of phenols is 1. The maximum Gasteiger partial charge on any atom is 0.226 e. The average Bonchev–Trinajstić information content (AvgIpc) is 4.03. The van der Waals surface area contributed by atoms with Gasteiger partial charge in [0.05, 0.1) is 17.4 Å². The van der Waals surface area contributed by atoms with Crippen molar-refractivity contribution in [2.45, 2.75) is 120 Å². The number of nitrogens with zero attached hydrogens (tertiary/aromatic N) is 1. The number of benzene rings is 2. The molecule has 4 aliphatic heterocycles. The van der Waals surface area contributed by atoms with E-state index in [9.17, 15) is 40.2 Å². The molecule has 5 heterocycles. The number of aromatic hydroxyl groups is 1. The van der Waals surface area contributed by atoms with Crippen LogP contribution in [0.5, 0.6) is 11.5 Å². The van der Waals surface area contributed by atoms with Gasteiger partial charge in [-0.2, -0.15) is 0 Å². The van der Waals surface area contributed by atoms with Crippen LogP contribution in [0.2, 0.25) is 0 Å². The second kappa shape index (κ2) is 16.4. The maximum atomic E-state index is 13.7. The Kier molecular flexibility index (Phi) is 11.6. The Bertz CT molecular complexity index is 2270. The Morgan fingerprint density at radius 3 is 2.58 bits per heavy atom. The highest BCUT2D eigenvalue weighted by Gasteiger charge is 2.54. The van der Waals surface area contributed by atoms with Gasteiger partial charge in [-0.1, -0.05) is 31.9 Å². The number of aliphatic imine (C=N–C) groups is 1. The minimum Gasteiger partial charge on any atom is -0.508 e. The van der Waals surface area contributed by atoms with E-state index in [1.54, 1.807) is 19.2 Å². The van der Waals surface area contributed by atoms with E-state index in [-0.39, 0.29) is 41.9 Å². The number of ether oxygens (including phenoxy) is 1. The molecule has 5 aliphatic rings. The van der Waals surface area contributed by atoms with E-state index in [4.69, 9.17) is 18.9 Å². The SMILES string of the molecule is CCC1C2=CC=NC2=C[NH+]1c1c2c(cc3c(=O)cc(C)oc13)C[C@@H](OOC[C@@](O)(Cc1ccc(O)cc1)[C@@H](O)[C@H](O)[C@H](O)CO)[C@@](C)(CC[C@H]1CNC(=O)C13CCCC3)O2. The zero-order valence-electron chi connectivity index (χ0n) is 34.2. The molecule has 8 N–H and O–H groups in total. The molecule has 9 atom stereocenters. The van der Waals surface area contributed by atoms with Crippen LogP contribution in [0.15, 0.2) is 74.1 Å². The van der Waals surface area contributed by atoms with Gasteiger partial charge in [0, 0.05) is 49.2 Å². The van der Waals surface area contributed by atoms with Gasteiger partial charge < -0.3 is 45.1 Å². The number of carbonyl (C=O) groups is 1. The lowest BCUT2D eigenvalue weighted by atomic mass is 9.72. The third kappa shape index (κ3) is 7.49. The third-order valence-corrected chi connectivity index (χ3v) is 13.7. The van der Waals surface area contributed by atoms with E-state index >= 15 is 0 Å². The van der Waals surface area contributed by atoms with E-state index in [1.807, 2.05) is 19.2 Å². The van der Waals surface area contributed by atoms with Crippen LogP contribution in [-0.4, -0.2) is 104 Å². The van der Waals surface area contributed by atoms with Gasteiger partial charge in [0.1, 0.15) is 71.7 Å². The largest absolute Gasteiger partial charge is 0.508 e. The molecule has 2 fully saturated rings. The fourth-order valence-electron chi connectivity index (χ4n) is 10.2. The van der Waals surface area contributed by atoms with Crippen molar-refractivity contribution < 1.29 is 59.3 Å². The molecule has 1 saturated carbocycles. The second-order valence-corrected chi connectivity index (χ2v) is 17.6. The fourth-order valence-corrected chi connectivity index (χ4v) is 10.2. The smallest absolute Gasteiger partial charge is 0.226 e. The van der Waals surface area contributed by atoms with Gasteiger partial charge >= 0.3 is 0 Å². The lowest BCUT2D eigenvalue weighted by Gasteiger charge is -2.43. The molecule has 322 valence electrons. The average molecular weight is 831 g/mol. The molecule has 1 spiro atoms. The molecule has 8 rings (SSSR count). The molecule has 2 aromatic carbocycles. The molecule has 0 radical (unpaired) electrons. The zero-order valence-corrected chi connectivity index (χ0v) is 34.2. The lowest BCUT2D eigenvalue weighted by Crippen LogP contribution is -3.05. The Morgan fingerprint density at radius 2 is 1.87 bits per heavy atom. The normalized spacial score (nSPS) is 27.8. The van der Waals surface area contributed by atoms with Crippen molar-refractivity contribution in [3.63, 3.8) is 0 Å². The first-order valence-electron chi connectivity index (χ1n) is 21.0. The summed E-state index contributed by atoms with van der Waals surface area (Å²) in [6.45, 7) is 4.75. The van der Waals surface area contributed by atoms with Crippen LogP contribution in [0, 0.1) is 18.3 Å². The van der Waals surface area contributed by atoms with Gasteiger partial charge in [-0.05, 0) is 75.3 Å². The first kappa shape index (κ1) is 42.2. The van der Waals surface area contributed by atoms with Crippen molar-refractivity contribution >= 4 is 28.8 Å². The Balaban J connectivity index is 1.17. The van der Waals surface area contributed by atoms with Crippen molar-refractivity contribution in [1.29, 1.82) is 0 Å². The molecule has 60 heavy (non-hydrogen) atoms. The molecule has 1 amide bonds. The first-order chi connectivity index (χ1) is 28.7. The van der Waals surface area contributed by atoms with Crippen molar-refractivity contribution in [3.05, 3.63) is 87.1 Å². The maximum absolute atomic E-state index is 13.7. The minimum absolute atomic E-state index is 0.0166. The summed E-state index contributed by atoms with van der Waals surface area (Å²) in [5.74, 6) is 1.14. The lowest BCUT2D eigenvalue weighted by molar-refractivity contribution is -0.793. The van der Waals surface area contributed by atoms with Gasteiger partial charge in [0.25, 0.3) is 0 Å². The van der Waals surface area contributed by atoms with Crippen LogP contribution < -0.4 is 20.4 Å². The molecule has 0 bridgehead atoms. The van der Waals surface area contributed by atoms with Gasteiger partial charge in [0.2, 0.25) is 17.2 Å². The zero-order chi connectivity index (χ0) is 42.6. The third-order valence-electron chi connectivity index (χ3n) is 13.7. The van der Waals surface area contributed by atoms with Gasteiger partial charge in [-0.15, -0.1) is 0 Å². The molecule has 1 saturated heterocycles. The van der Waals surface area contributed by atoms with Gasteiger partial charge in [0.15, 0.2) is 11.2 Å². The monoisotopic (exact) mass is 830 g/mol. The van der Waals surface area contributed by atoms with Crippen LogP contribution in [0.1, 0.15) is 75.7 Å². The van der Waals surface area contributed by atoms with Crippen LogP contribution in [0.4, 0.5) is 5.69 Å². The van der Waals surface area contributed by atoms with Gasteiger partial charge in [-0.3, -0.25) is 19.5 Å². The van der Waals surface area contributed by atoms with Crippen LogP contribution in [0.3, 0.4) is 0 Å². The standard InChI is InChI=1S/C45H55N3O12/c1-4-33-30-12-16-46-32(30)22-48(33)37-39-27(18-31-34(51)17-25(2)58-40(31)37)19-36(43(3,59-39)15-11-28-21-47-42(55)44(28)13-5-6-14-44)60-57-24-45(56,41(54)38(53)35(52)23-49)20-26-7-9-29(50)10-8-26/h7-10,12,16-18,22,28,33,35-36,38,41,49-50,52-54,56H,4-6,11,13-15,19-21,23-24H2,1-3H3,(H,47,55)/p+1/t28-,33?,35+,36+,38+,41-,43+,45-/m0/s1. The van der Waals surface area contributed by atoms with E-state index in [0.717, 1.165) is 48.3 Å². The number of phenolic OH excluding ortho intramolecular Hbond substituents is 1. The Hall–Kier alpha value is -4.45. The van der Waals surface area contributed by atoms with Crippen molar-refractivity contribution in [2.24, 2.45) is 16.3 Å². The van der Waals surface area contributed by atoms with Crippen LogP contribution in [-0.2, 0) is 27.4 Å². The summed E-state index contributed by atoms with van der Waals surface area (Å²) in [6, 6.07) is 9.06. The summed E-state index contributed by atoms with van der Waals surface area (Å²) in [5.41, 5.74) is 0.119. The first-order valence-corrected chi connectivity index (χ1v) is 21.0. The quantitative estimate of drug-likeness (QED) is 0.0815. The second-order valence-electron chi connectivity index (χ2n) is 17.6.